The molecule has 0 aliphatic rings. The Kier molecular flexibility index (Phi) is 5.46. The molecule has 4 rings (SSSR count). The van der Waals surface area contributed by atoms with Crippen molar-refractivity contribution < 1.29 is 14.3 Å². The molecule has 0 fully saturated rings. The Balaban J connectivity index is 1.38. The highest BCUT2D eigenvalue weighted by Gasteiger charge is 2.13. The summed E-state index contributed by atoms with van der Waals surface area (Å²) in [4.78, 5) is 55.0. The molecule has 0 spiro atoms. The number of ether oxygens (including phenoxy) is 1. The number of hydrogen-bond acceptors (Lipinski definition) is 7. The highest BCUT2D eigenvalue weighted by Crippen LogP contribution is 2.31. The number of amides is 1. The van der Waals surface area contributed by atoms with E-state index in [1.165, 1.54) is 5.56 Å². The maximum absolute atomic E-state index is 12.0. The molecular weight excluding hydrogens is 420 g/mol. The number of carbonyl (C=O) groups is 2. The summed E-state index contributed by atoms with van der Waals surface area (Å²) in [6.07, 6.45) is 0. The molecule has 2 aromatic heterocycles. The van der Waals surface area contributed by atoms with Gasteiger partial charge in [0, 0.05) is 17.3 Å². The smallest absolute Gasteiger partial charge is 0.355 e. The Hall–Kier alpha value is -4.05. The summed E-state index contributed by atoms with van der Waals surface area (Å²) in [6.45, 7) is 1.46. The van der Waals surface area contributed by atoms with Crippen LogP contribution in [0.15, 0.2) is 58.1 Å². The SMILES string of the molecule is Cc1ccc2nc(-c3ccc(NC(=O)COC(=O)c4cc(=O)[nH]c(=O)[nH]4)cc3)sc2c1. The quantitative estimate of drug-likeness (QED) is 0.412. The van der Waals surface area contributed by atoms with E-state index >= 15 is 0 Å². The van der Waals surface area contributed by atoms with Crippen molar-refractivity contribution in [3.8, 4) is 10.6 Å². The number of aromatic nitrogens is 3. The van der Waals surface area contributed by atoms with E-state index in [9.17, 15) is 19.2 Å². The predicted octanol–water partition coefficient (Wildman–Crippen LogP) is 2.44. The molecule has 0 unspecified atom stereocenters. The van der Waals surface area contributed by atoms with Gasteiger partial charge in [0.25, 0.3) is 11.5 Å². The predicted molar refractivity (Wildman–Crippen MR) is 116 cm³/mol. The van der Waals surface area contributed by atoms with Crippen LogP contribution in [0, 0.1) is 6.92 Å². The van der Waals surface area contributed by atoms with Crippen LogP contribution >= 0.6 is 11.3 Å². The first-order valence-electron chi connectivity index (χ1n) is 9.16. The molecule has 9 nitrogen and oxygen atoms in total. The average Bonchev–Trinajstić information content (AvgIpc) is 3.15. The molecule has 0 atom stereocenters. The van der Waals surface area contributed by atoms with E-state index in [1.807, 2.05) is 36.2 Å². The van der Waals surface area contributed by atoms with E-state index in [1.54, 1.807) is 23.5 Å². The molecule has 0 saturated heterocycles. The van der Waals surface area contributed by atoms with E-state index in [4.69, 9.17) is 4.74 Å². The number of nitrogens with one attached hydrogen (secondary N) is 3. The van der Waals surface area contributed by atoms with Crippen molar-refractivity contribution in [3.63, 3.8) is 0 Å². The highest BCUT2D eigenvalue weighted by atomic mass is 32.1. The lowest BCUT2D eigenvalue weighted by molar-refractivity contribution is -0.119. The lowest BCUT2D eigenvalue weighted by Crippen LogP contribution is -2.27. The molecule has 0 aliphatic heterocycles. The van der Waals surface area contributed by atoms with Gasteiger partial charge in [-0.25, -0.2) is 14.6 Å². The first-order chi connectivity index (χ1) is 14.9. The minimum atomic E-state index is -0.986. The summed E-state index contributed by atoms with van der Waals surface area (Å²) in [5, 5.41) is 3.49. The van der Waals surface area contributed by atoms with Gasteiger partial charge in [-0.1, -0.05) is 6.07 Å². The number of nitrogens with zero attached hydrogens (tertiary/aromatic N) is 1. The fraction of sp³-hybridized carbons (Fsp3) is 0.0952. The Morgan fingerprint density at radius 3 is 2.58 bits per heavy atom. The third-order valence-corrected chi connectivity index (χ3v) is 5.34. The number of thiazole rings is 1. The zero-order valence-electron chi connectivity index (χ0n) is 16.2. The van der Waals surface area contributed by atoms with Gasteiger partial charge in [0.15, 0.2) is 6.61 Å². The van der Waals surface area contributed by atoms with Crippen molar-refractivity contribution in [3.05, 3.63) is 80.6 Å². The lowest BCUT2D eigenvalue weighted by atomic mass is 10.2. The second-order valence-electron chi connectivity index (χ2n) is 6.69. The number of rotatable bonds is 5. The Morgan fingerprint density at radius 1 is 1.06 bits per heavy atom. The van der Waals surface area contributed by atoms with E-state index in [0.717, 1.165) is 26.9 Å². The van der Waals surface area contributed by atoms with Crippen molar-refractivity contribution in [1.82, 2.24) is 15.0 Å². The van der Waals surface area contributed by atoms with E-state index in [-0.39, 0.29) is 5.69 Å². The summed E-state index contributed by atoms with van der Waals surface area (Å²) in [6, 6.07) is 14.1. The van der Waals surface area contributed by atoms with Gasteiger partial charge in [-0.2, -0.15) is 0 Å². The van der Waals surface area contributed by atoms with Crippen LogP contribution < -0.4 is 16.6 Å². The molecule has 156 valence electrons. The number of aromatic amines is 2. The first-order valence-corrected chi connectivity index (χ1v) is 9.97. The van der Waals surface area contributed by atoms with Gasteiger partial charge in [-0.3, -0.25) is 14.6 Å². The van der Waals surface area contributed by atoms with Crippen LogP contribution in [-0.2, 0) is 9.53 Å². The van der Waals surface area contributed by atoms with Gasteiger partial charge < -0.3 is 15.0 Å². The normalized spacial score (nSPS) is 10.7. The molecule has 2 aromatic carbocycles. The summed E-state index contributed by atoms with van der Waals surface area (Å²) in [7, 11) is 0. The monoisotopic (exact) mass is 436 g/mol. The van der Waals surface area contributed by atoms with Crippen molar-refractivity contribution >= 4 is 39.1 Å². The van der Waals surface area contributed by atoms with Crippen molar-refractivity contribution in [1.29, 1.82) is 0 Å². The number of carbonyl (C=O) groups excluding carboxylic acids is 2. The number of esters is 1. The first kappa shape index (κ1) is 20.2. The molecule has 0 saturated carbocycles. The average molecular weight is 436 g/mol. The van der Waals surface area contributed by atoms with Gasteiger partial charge >= 0.3 is 11.7 Å². The van der Waals surface area contributed by atoms with Crippen LogP contribution in [0.4, 0.5) is 5.69 Å². The van der Waals surface area contributed by atoms with Gasteiger partial charge in [0.1, 0.15) is 10.7 Å². The summed E-state index contributed by atoms with van der Waals surface area (Å²) >= 11 is 1.59. The third-order valence-electron chi connectivity index (χ3n) is 4.27. The van der Waals surface area contributed by atoms with E-state index in [2.05, 4.69) is 21.4 Å². The van der Waals surface area contributed by atoms with Gasteiger partial charge in [-0.05, 0) is 48.9 Å². The summed E-state index contributed by atoms with van der Waals surface area (Å²) < 4.78 is 5.93. The number of aryl methyl sites for hydroxylation is 1. The van der Waals surface area contributed by atoms with Crippen LogP contribution in [0.3, 0.4) is 0 Å². The maximum Gasteiger partial charge on any atom is 0.355 e. The molecule has 0 aliphatic carbocycles. The molecule has 1 amide bonds. The lowest BCUT2D eigenvalue weighted by Gasteiger charge is -2.07. The van der Waals surface area contributed by atoms with Crippen LogP contribution in [0.2, 0.25) is 0 Å². The number of H-pyrrole nitrogens is 2. The van der Waals surface area contributed by atoms with Crippen LogP contribution in [0.5, 0.6) is 0 Å². The minimum Gasteiger partial charge on any atom is -0.451 e. The second-order valence-corrected chi connectivity index (χ2v) is 7.72. The van der Waals surface area contributed by atoms with E-state index < -0.39 is 29.7 Å². The molecule has 4 aromatic rings. The zero-order chi connectivity index (χ0) is 22.0. The fourth-order valence-electron chi connectivity index (χ4n) is 2.84. The molecule has 10 heteroatoms. The fourth-order valence-corrected chi connectivity index (χ4v) is 3.91. The summed E-state index contributed by atoms with van der Waals surface area (Å²) in [5.74, 6) is -1.55. The van der Waals surface area contributed by atoms with Crippen LogP contribution in [-0.4, -0.2) is 33.4 Å². The standard InChI is InChI=1S/C21H16N4O5S/c1-11-2-7-14-16(8-11)31-19(23-14)12-3-5-13(6-4-12)22-18(27)10-30-20(28)15-9-17(26)25-21(29)24-15/h2-9H,10H2,1H3,(H,22,27)(H2,24,25,26,29). The number of hydrogen-bond donors (Lipinski definition) is 3. The maximum atomic E-state index is 12.0. The third kappa shape index (κ3) is 4.75. The van der Waals surface area contributed by atoms with Crippen molar-refractivity contribution in [2.24, 2.45) is 0 Å². The van der Waals surface area contributed by atoms with Crippen LogP contribution in [0.25, 0.3) is 20.8 Å². The van der Waals surface area contributed by atoms with Gasteiger partial charge in [0.2, 0.25) is 0 Å². The number of benzene rings is 2. The Labute approximate surface area is 178 Å². The molecule has 3 N–H and O–H groups in total. The molecular formula is C21H16N4O5S. The minimum absolute atomic E-state index is 0.336. The Bertz CT molecular complexity index is 1370. The number of anilines is 1. The number of fused-ring (bicyclic) bond motifs is 1. The van der Waals surface area contributed by atoms with Gasteiger partial charge in [0.05, 0.1) is 10.2 Å². The molecule has 0 bridgehead atoms. The largest absolute Gasteiger partial charge is 0.451 e. The molecule has 31 heavy (non-hydrogen) atoms. The van der Waals surface area contributed by atoms with E-state index in [0.29, 0.717) is 5.69 Å². The highest BCUT2D eigenvalue weighted by molar-refractivity contribution is 7.21. The van der Waals surface area contributed by atoms with Crippen LogP contribution in [0.1, 0.15) is 16.1 Å². The second kappa shape index (κ2) is 8.36. The topological polar surface area (TPSA) is 134 Å². The molecule has 2 heterocycles. The van der Waals surface area contributed by atoms with Gasteiger partial charge in [-0.15, -0.1) is 11.3 Å². The summed E-state index contributed by atoms with van der Waals surface area (Å²) in [5.41, 5.74) is 1.62. The van der Waals surface area contributed by atoms with Crippen molar-refractivity contribution in [2.75, 3.05) is 11.9 Å². The zero-order valence-corrected chi connectivity index (χ0v) is 17.0. The van der Waals surface area contributed by atoms with Crippen molar-refractivity contribution in [2.45, 2.75) is 6.92 Å². The Morgan fingerprint density at radius 2 is 1.84 bits per heavy atom. The molecule has 0 radical (unpaired) electrons.